The lowest BCUT2D eigenvalue weighted by atomic mass is 9.93. The van der Waals surface area contributed by atoms with E-state index in [4.69, 9.17) is 4.98 Å². The van der Waals surface area contributed by atoms with Crippen molar-refractivity contribution in [2.75, 3.05) is 13.1 Å². The highest BCUT2D eigenvalue weighted by Crippen LogP contribution is 2.22. The molecule has 1 atom stereocenters. The quantitative estimate of drug-likeness (QED) is 0.803. The van der Waals surface area contributed by atoms with Gasteiger partial charge in [0.2, 0.25) is 0 Å². The number of para-hydroxylation sites is 1. The molecule has 0 saturated carbocycles. The topological polar surface area (TPSA) is 44.8 Å². The molecule has 0 spiro atoms. The van der Waals surface area contributed by atoms with E-state index in [0.29, 0.717) is 5.92 Å². The molecule has 1 fully saturated rings. The lowest BCUT2D eigenvalue weighted by Gasteiger charge is -2.32. The number of H-pyrrole nitrogens is 1. The molecule has 1 unspecified atom stereocenters. The van der Waals surface area contributed by atoms with Gasteiger partial charge in [-0.1, -0.05) is 24.3 Å². The zero-order valence-electron chi connectivity index (χ0n) is 13.3. The Balaban J connectivity index is 1.42. The van der Waals surface area contributed by atoms with Crippen molar-refractivity contribution >= 4 is 10.9 Å². The Labute approximate surface area is 136 Å². The van der Waals surface area contributed by atoms with Crippen LogP contribution in [0.2, 0.25) is 0 Å². The number of pyridine rings is 1. The maximum atomic E-state index is 4.81. The van der Waals surface area contributed by atoms with Gasteiger partial charge < -0.3 is 0 Å². The Morgan fingerprint density at radius 2 is 2.09 bits per heavy atom. The highest BCUT2D eigenvalue weighted by atomic mass is 15.1. The number of piperidine rings is 1. The molecule has 1 aliphatic rings. The molecule has 0 bridgehead atoms. The fourth-order valence-electron chi connectivity index (χ4n) is 3.60. The maximum absolute atomic E-state index is 4.81. The molecule has 1 aromatic carbocycles. The highest BCUT2D eigenvalue weighted by Gasteiger charge is 2.21. The first-order chi connectivity index (χ1) is 11.4. The minimum Gasteiger partial charge on any atom is -0.297 e. The van der Waals surface area contributed by atoms with Gasteiger partial charge in [-0.25, -0.2) is 0 Å². The van der Waals surface area contributed by atoms with Gasteiger partial charge >= 0.3 is 0 Å². The van der Waals surface area contributed by atoms with E-state index in [0.717, 1.165) is 25.0 Å². The van der Waals surface area contributed by atoms with Gasteiger partial charge in [0, 0.05) is 30.4 Å². The van der Waals surface area contributed by atoms with Crippen molar-refractivity contribution in [1.82, 2.24) is 20.1 Å². The average molecular weight is 306 g/mol. The van der Waals surface area contributed by atoms with Crippen molar-refractivity contribution in [3.8, 4) is 0 Å². The molecule has 4 rings (SSSR count). The monoisotopic (exact) mass is 306 g/mol. The van der Waals surface area contributed by atoms with E-state index in [1.807, 2.05) is 6.20 Å². The van der Waals surface area contributed by atoms with Crippen LogP contribution in [0.15, 0.2) is 48.7 Å². The summed E-state index contributed by atoms with van der Waals surface area (Å²) in [4.78, 5) is 7.36. The number of rotatable bonds is 4. The smallest absolute Gasteiger partial charge is 0.0705 e. The van der Waals surface area contributed by atoms with Crippen LogP contribution < -0.4 is 0 Å². The number of likely N-dealkylation sites (tertiary alicyclic amines) is 1. The minimum absolute atomic E-state index is 0.713. The molecule has 3 aromatic rings. The third-order valence-corrected chi connectivity index (χ3v) is 4.71. The van der Waals surface area contributed by atoms with Gasteiger partial charge in [-0.15, -0.1) is 0 Å². The summed E-state index contributed by atoms with van der Waals surface area (Å²) < 4.78 is 0. The molecule has 23 heavy (non-hydrogen) atoms. The van der Waals surface area contributed by atoms with Crippen molar-refractivity contribution in [3.63, 3.8) is 0 Å². The van der Waals surface area contributed by atoms with Crippen LogP contribution in [-0.2, 0) is 13.0 Å². The summed E-state index contributed by atoms with van der Waals surface area (Å²) in [7, 11) is 0. The van der Waals surface area contributed by atoms with Crippen LogP contribution in [0, 0.1) is 5.92 Å². The van der Waals surface area contributed by atoms with E-state index in [1.165, 1.54) is 36.2 Å². The Bertz CT molecular complexity index is 766. The third kappa shape index (κ3) is 3.42. The summed E-state index contributed by atoms with van der Waals surface area (Å²) in [5.41, 5.74) is 3.52. The molecule has 0 radical (unpaired) electrons. The predicted octanol–water partition coefficient (Wildman–Crippen LogP) is 3.41. The van der Waals surface area contributed by atoms with Gasteiger partial charge in [-0.05, 0) is 49.9 Å². The zero-order chi connectivity index (χ0) is 15.5. The molecule has 1 N–H and O–H groups in total. The van der Waals surface area contributed by atoms with Crippen molar-refractivity contribution in [1.29, 1.82) is 0 Å². The minimum atomic E-state index is 0.713. The number of hydrogen-bond acceptors (Lipinski definition) is 3. The van der Waals surface area contributed by atoms with Gasteiger partial charge in [0.25, 0.3) is 0 Å². The number of fused-ring (bicyclic) bond motifs is 1. The first-order valence-electron chi connectivity index (χ1n) is 8.42. The maximum Gasteiger partial charge on any atom is 0.0705 e. The zero-order valence-corrected chi connectivity index (χ0v) is 13.3. The predicted molar refractivity (Wildman–Crippen MR) is 92.0 cm³/mol. The molecular formula is C19H22N4. The molecule has 0 amide bonds. The third-order valence-electron chi connectivity index (χ3n) is 4.71. The van der Waals surface area contributed by atoms with Crippen molar-refractivity contribution < 1.29 is 0 Å². The van der Waals surface area contributed by atoms with Crippen LogP contribution >= 0.6 is 0 Å². The molecular weight excluding hydrogens is 284 g/mol. The first-order valence-corrected chi connectivity index (χ1v) is 8.42. The molecule has 2 aromatic heterocycles. The lowest BCUT2D eigenvalue weighted by molar-refractivity contribution is 0.165. The number of hydrogen-bond donors (Lipinski definition) is 1. The Morgan fingerprint density at radius 1 is 1.13 bits per heavy atom. The summed E-state index contributed by atoms with van der Waals surface area (Å²) in [5.74, 6) is 0.713. The van der Waals surface area contributed by atoms with Crippen LogP contribution in [0.3, 0.4) is 0 Å². The van der Waals surface area contributed by atoms with Crippen LogP contribution in [0.1, 0.15) is 24.2 Å². The largest absolute Gasteiger partial charge is 0.297 e. The second-order valence-electron chi connectivity index (χ2n) is 6.52. The fraction of sp³-hybridized carbons (Fsp3) is 0.368. The van der Waals surface area contributed by atoms with Crippen molar-refractivity contribution in [3.05, 3.63) is 60.0 Å². The van der Waals surface area contributed by atoms with Crippen LogP contribution in [0.25, 0.3) is 10.9 Å². The lowest BCUT2D eigenvalue weighted by Crippen LogP contribution is -2.36. The Morgan fingerprint density at radius 3 is 3.00 bits per heavy atom. The molecule has 1 aliphatic heterocycles. The average Bonchev–Trinajstić information content (AvgIpc) is 3.08. The Hall–Kier alpha value is -2.20. The van der Waals surface area contributed by atoms with E-state index in [9.17, 15) is 0 Å². The summed E-state index contributed by atoms with van der Waals surface area (Å²) in [6, 6.07) is 14.8. The first kappa shape index (κ1) is 14.4. The highest BCUT2D eigenvalue weighted by molar-refractivity contribution is 5.78. The van der Waals surface area contributed by atoms with Crippen molar-refractivity contribution in [2.24, 2.45) is 5.92 Å². The van der Waals surface area contributed by atoms with E-state index in [2.05, 4.69) is 57.6 Å². The van der Waals surface area contributed by atoms with Crippen LogP contribution in [0.4, 0.5) is 0 Å². The van der Waals surface area contributed by atoms with Gasteiger partial charge in [0.05, 0.1) is 11.2 Å². The summed E-state index contributed by atoms with van der Waals surface area (Å²) in [5, 5.41) is 8.36. The normalized spacial score (nSPS) is 19.2. The van der Waals surface area contributed by atoms with Gasteiger partial charge in [0.15, 0.2) is 0 Å². The van der Waals surface area contributed by atoms with Gasteiger partial charge in [0.1, 0.15) is 0 Å². The molecule has 4 heteroatoms. The SMILES string of the molecule is c1ccc2nc(CN3CCCC(Cc4ccn[nH]4)C3)ccc2c1. The summed E-state index contributed by atoms with van der Waals surface area (Å²) >= 11 is 0. The molecule has 0 aliphatic carbocycles. The van der Waals surface area contributed by atoms with E-state index >= 15 is 0 Å². The van der Waals surface area contributed by atoms with Crippen LogP contribution in [0.5, 0.6) is 0 Å². The second kappa shape index (κ2) is 6.50. The second-order valence-corrected chi connectivity index (χ2v) is 6.52. The van der Waals surface area contributed by atoms with E-state index in [1.54, 1.807) is 0 Å². The molecule has 118 valence electrons. The molecule has 1 saturated heterocycles. The fourth-order valence-corrected chi connectivity index (χ4v) is 3.60. The van der Waals surface area contributed by atoms with Crippen molar-refractivity contribution in [2.45, 2.75) is 25.8 Å². The number of aromatic amines is 1. The van der Waals surface area contributed by atoms with Gasteiger partial charge in [-0.2, -0.15) is 5.10 Å². The molecule has 4 nitrogen and oxygen atoms in total. The Kier molecular flexibility index (Phi) is 4.07. The summed E-state index contributed by atoms with van der Waals surface area (Å²) in [6.45, 7) is 3.27. The number of nitrogens with zero attached hydrogens (tertiary/aromatic N) is 3. The number of nitrogens with one attached hydrogen (secondary N) is 1. The molecule has 3 heterocycles. The van der Waals surface area contributed by atoms with E-state index in [-0.39, 0.29) is 0 Å². The summed E-state index contributed by atoms with van der Waals surface area (Å²) in [6.07, 6.45) is 5.52. The van der Waals surface area contributed by atoms with Gasteiger partial charge in [-0.3, -0.25) is 15.0 Å². The standard InChI is InChI=1S/C19H22N4/c1-2-6-19-16(5-1)7-8-18(21-19)14-23-11-3-4-15(13-23)12-17-9-10-20-22-17/h1-2,5-10,15H,3-4,11-14H2,(H,20,22). The van der Waals surface area contributed by atoms with Crippen LogP contribution in [-0.4, -0.2) is 33.2 Å². The van der Waals surface area contributed by atoms with E-state index < -0.39 is 0 Å². The number of benzene rings is 1. The number of aromatic nitrogens is 3.